The molecule has 1 unspecified atom stereocenters. The van der Waals surface area contributed by atoms with Gasteiger partial charge in [-0.3, -0.25) is 4.79 Å². The second-order valence-electron chi connectivity index (χ2n) is 9.93. The van der Waals surface area contributed by atoms with Crippen LogP contribution in [0.2, 0.25) is 0 Å². The number of carbonyl (C=O) groups is 1. The van der Waals surface area contributed by atoms with E-state index in [1.807, 2.05) is 36.4 Å². The van der Waals surface area contributed by atoms with Crippen LogP contribution in [-0.2, 0) is 11.3 Å². The number of carbonyl (C=O) groups excluding carboxylic acids is 1. The fourth-order valence-electron chi connectivity index (χ4n) is 5.34. The van der Waals surface area contributed by atoms with Crippen molar-refractivity contribution in [2.75, 3.05) is 32.3 Å². The predicted molar refractivity (Wildman–Crippen MR) is 150 cm³/mol. The normalized spacial score (nSPS) is 15.3. The highest BCUT2D eigenvalue weighted by atomic mass is 16.5. The summed E-state index contributed by atoms with van der Waals surface area (Å²) >= 11 is 0. The van der Waals surface area contributed by atoms with Crippen LogP contribution in [0, 0.1) is 13.8 Å². The molecule has 7 heteroatoms. The van der Waals surface area contributed by atoms with Gasteiger partial charge < -0.3 is 23.7 Å². The standard InChI is InChI=1S/C31H35N3O4/c1-21-15-22(2)17-25(16-21)38-14-8-7-13-33-27-10-6-5-9-26(27)32-31(33)23-18-30(35)34(20-23)28-19-24(36-3)11-12-29(28)37-4/h5-6,9-12,15-17,19,23H,7-8,13-14,18,20H2,1-4H3. The van der Waals surface area contributed by atoms with Crippen LogP contribution in [-0.4, -0.2) is 42.8 Å². The molecule has 3 aromatic carbocycles. The van der Waals surface area contributed by atoms with Crippen LogP contribution >= 0.6 is 0 Å². The highest BCUT2D eigenvalue weighted by Crippen LogP contribution is 2.39. The molecular weight excluding hydrogens is 478 g/mol. The molecule has 0 saturated carbocycles. The zero-order valence-electron chi connectivity index (χ0n) is 22.6. The molecule has 4 aromatic rings. The van der Waals surface area contributed by atoms with Crippen molar-refractivity contribution in [2.24, 2.45) is 0 Å². The third-order valence-electron chi connectivity index (χ3n) is 7.09. The Morgan fingerprint density at radius 3 is 2.47 bits per heavy atom. The van der Waals surface area contributed by atoms with Crippen LogP contribution in [0.1, 0.15) is 42.1 Å². The largest absolute Gasteiger partial charge is 0.497 e. The number of aryl methyl sites for hydroxylation is 3. The second kappa shape index (κ2) is 11.2. The van der Waals surface area contributed by atoms with E-state index in [4.69, 9.17) is 19.2 Å². The van der Waals surface area contributed by atoms with Crippen molar-refractivity contribution in [2.45, 2.75) is 45.6 Å². The Kier molecular flexibility index (Phi) is 7.54. The van der Waals surface area contributed by atoms with Crippen molar-refractivity contribution in [3.63, 3.8) is 0 Å². The molecule has 1 atom stereocenters. The van der Waals surface area contributed by atoms with Crippen LogP contribution in [0.3, 0.4) is 0 Å². The third kappa shape index (κ3) is 5.32. The summed E-state index contributed by atoms with van der Waals surface area (Å²) in [7, 11) is 3.24. The van der Waals surface area contributed by atoms with E-state index in [9.17, 15) is 4.79 Å². The van der Waals surface area contributed by atoms with Crippen molar-refractivity contribution < 1.29 is 19.0 Å². The van der Waals surface area contributed by atoms with Crippen LogP contribution in [0.25, 0.3) is 11.0 Å². The van der Waals surface area contributed by atoms with Crippen molar-refractivity contribution in [1.29, 1.82) is 0 Å². The van der Waals surface area contributed by atoms with Gasteiger partial charge in [-0.15, -0.1) is 0 Å². The predicted octanol–water partition coefficient (Wildman–Crippen LogP) is 6.05. The summed E-state index contributed by atoms with van der Waals surface area (Å²) < 4.78 is 19.3. The number of hydrogen-bond acceptors (Lipinski definition) is 5. The summed E-state index contributed by atoms with van der Waals surface area (Å²) in [4.78, 5) is 20.0. The molecule has 1 fully saturated rings. The van der Waals surface area contributed by atoms with E-state index >= 15 is 0 Å². The number of nitrogens with zero attached hydrogens (tertiary/aromatic N) is 3. The van der Waals surface area contributed by atoms with Gasteiger partial charge >= 0.3 is 0 Å². The molecule has 5 rings (SSSR count). The topological polar surface area (TPSA) is 65.8 Å². The molecule has 1 amide bonds. The highest BCUT2D eigenvalue weighted by molar-refractivity contribution is 5.98. The number of unbranched alkanes of at least 4 members (excludes halogenated alkanes) is 1. The molecule has 0 radical (unpaired) electrons. The Hall–Kier alpha value is -4.00. The van der Waals surface area contributed by atoms with Gasteiger partial charge in [-0.25, -0.2) is 4.98 Å². The zero-order chi connectivity index (χ0) is 26.6. The maximum atomic E-state index is 13.2. The Morgan fingerprint density at radius 1 is 0.921 bits per heavy atom. The molecule has 0 spiro atoms. The number of aromatic nitrogens is 2. The summed E-state index contributed by atoms with van der Waals surface area (Å²) in [5, 5.41) is 0. The molecule has 2 heterocycles. The maximum absolute atomic E-state index is 13.2. The van der Waals surface area contributed by atoms with Gasteiger partial charge in [-0.1, -0.05) is 18.2 Å². The van der Waals surface area contributed by atoms with E-state index < -0.39 is 0 Å². The number of methoxy groups -OCH3 is 2. The Labute approximate surface area is 224 Å². The SMILES string of the molecule is COc1ccc(OC)c(N2CC(c3nc4ccccc4n3CCCCOc3cc(C)cc(C)c3)CC2=O)c1. The molecule has 1 aliphatic heterocycles. The van der Waals surface area contributed by atoms with Crippen molar-refractivity contribution >= 4 is 22.6 Å². The summed E-state index contributed by atoms with van der Waals surface area (Å²) in [5.41, 5.74) is 5.20. The number of para-hydroxylation sites is 2. The number of benzene rings is 3. The van der Waals surface area contributed by atoms with Gasteiger partial charge in [0.2, 0.25) is 5.91 Å². The van der Waals surface area contributed by atoms with Gasteiger partial charge in [0, 0.05) is 31.5 Å². The molecule has 1 aromatic heterocycles. The number of hydrogen-bond donors (Lipinski definition) is 0. The summed E-state index contributed by atoms with van der Waals surface area (Å²) in [6.07, 6.45) is 2.28. The molecule has 0 bridgehead atoms. The number of fused-ring (bicyclic) bond motifs is 1. The first-order valence-corrected chi connectivity index (χ1v) is 13.2. The first-order valence-electron chi connectivity index (χ1n) is 13.2. The maximum Gasteiger partial charge on any atom is 0.227 e. The van der Waals surface area contributed by atoms with Crippen LogP contribution in [0.5, 0.6) is 17.2 Å². The minimum absolute atomic E-state index is 0.0164. The fraction of sp³-hybridized carbons (Fsp3) is 0.355. The van der Waals surface area contributed by atoms with Crippen molar-refractivity contribution in [3.05, 3.63) is 77.6 Å². The Bertz CT molecular complexity index is 1420. The Morgan fingerprint density at radius 2 is 1.71 bits per heavy atom. The lowest BCUT2D eigenvalue weighted by Gasteiger charge is -2.20. The number of imidazole rings is 1. The minimum Gasteiger partial charge on any atom is -0.497 e. The monoisotopic (exact) mass is 513 g/mol. The lowest BCUT2D eigenvalue weighted by Crippen LogP contribution is -2.25. The highest BCUT2D eigenvalue weighted by Gasteiger charge is 2.36. The average molecular weight is 514 g/mol. The fourth-order valence-corrected chi connectivity index (χ4v) is 5.34. The average Bonchev–Trinajstić information content (AvgIpc) is 3.48. The minimum atomic E-state index is -0.0164. The molecular formula is C31H35N3O4. The van der Waals surface area contributed by atoms with Crippen LogP contribution in [0.4, 0.5) is 5.69 Å². The van der Waals surface area contributed by atoms with Gasteiger partial charge in [-0.2, -0.15) is 0 Å². The summed E-state index contributed by atoms with van der Waals surface area (Å²) in [5.74, 6) is 3.26. The Balaban J connectivity index is 1.32. The number of amides is 1. The van der Waals surface area contributed by atoms with Gasteiger partial charge in [0.1, 0.15) is 23.1 Å². The first-order chi connectivity index (χ1) is 18.5. The van der Waals surface area contributed by atoms with Crippen LogP contribution < -0.4 is 19.1 Å². The van der Waals surface area contributed by atoms with E-state index in [-0.39, 0.29) is 11.8 Å². The quantitative estimate of drug-likeness (QED) is 0.242. The van der Waals surface area contributed by atoms with Gasteiger partial charge in [0.05, 0.1) is 37.5 Å². The lowest BCUT2D eigenvalue weighted by molar-refractivity contribution is -0.117. The van der Waals surface area contributed by atoms with E-state index in [1.54, 1.807) is 19.1 Å². The third-order valence-corrected chi connectivity index (χ3v) is 7.09. The number of anilines is 1. The van der Waals surface area contributed by atoms with E-state index in [0.29, 0.717) is 31.1 Å². The molecule has 38 heavy (non-hydrogen) atoms. The lowest BCUT2D eigenvalue weighted by atomic mass is 10.1. The molecule has 1 aliphatic rings. The smallest absolute Gasteiger partial charge is 0.227 e. The van der Waals surface area contributed by atoms with Gasteiger partial charge in [0.25, 0.3) is 0 Å². The summed E-state index contributed by atoms with van der Waals surface area (Å²) in [6, 6.07) is 20.0. The van der Waals surface area contributed by atoms with Crippen molar-refractivity contribution in [3.8, 4) is 17.2 Å². The zero-order valence-corrected chi connectivity index (χ0v) is 22.6. The second-order valence-corrected chi connectivity index (χ2v) is 9.93. The first kappa shape index (κ1) is 25.6. The number of rotatable bonds is 10. The molecule has 1 saturated heterocycles. The van der Waals surface area contributed by atoms with Crippen molar-refractivity contribution in [1.82, 2.24) is 9.55 Å². The molecule has 198 valence electrons. The van der Waals surface area contributed by atoms with Gasteiger partial charge in [-0.05, 0) is 74.2 Å². The van der Waals surface area contributed by atoms with Gasteiger partial charge in [0.15, 0.2) is 0 Å². The molecule has 7 nitrogen and oxygen atoms in total. The number of ether oxygens (including phenoxy) is 3. The van der Waals surface area contributed by atoms with Crippen LogP contribution in [0.15, 0.2) is 60.7 Å². The summed E-state index contributed by atoms with van der Waals surface area (Å²) in [6.45, 7) is 6.20. The van der Waals surface area contributed by atoms with E-state index in [1.165, 1.54) is 11.1 Å². The van der Waals surface area contributed by atoms with E-state index in [2.05, 4.69) is 42.7 Å². The molecule has 0 N–H and O–H groups in total. The van der Waals surface area contributed by atoms with E-state index in [0.717, 1.165) is 47.7 Å². The molecule has 0 aliphatic carbocycles.